The zero-order valence-electron chi connectivity index (χ0n) is 18.3. The second kappa shape index (κ2) is 9.90. The van der Waals surface area contributed by atoms with E-state index in [0.717, 1.165) is 16.4 Å². The number of nitrogen functional groups attached to an aromatic ring is 1. The number of aromatic nitrogens is 1. The van der Waals surface area contributed by atoms with Gasteiger partial charge in [0, 0.05) is 15.4 Å². The number of carbonyl (C=O) groups excluding carboxylic acids is 3. The highest BCUT2D eigenvalue weighted by atomic mass is 35.5. The first kappa shape index (κ1) is 24.7. The van der Waals surface area contributed by atoms with E-state index in [4.69, 9.17) is 23.1 Å². The lowest BCUT2D eigenvalue weighted by Gasteiger charge is -2.33. The Hall–Kier alpha value is -2.95. The van der Waals surface area contributed by atoms with Crippen LogP contribution in [0.5, 0.6) is 0 Å². The van der Waals surface area contributed by atoms with Gasteiger partial charge in [0.05, 0.1) is 12.2 Å². The fourth-order valence-electron chi connectivity index (χ4n) is 3.17. The predicted octanol–water partition coefficient (Wildman–Crippen LogP) is 3.84. The van der Waals surface area contributed by atoms with E-state index in [9.17, 15) is 14.4 Å². The van der Waals surface area contributed by atoms with Gasteiger partial charge in [-0.15, -0.1) is 11.3 Å². The van der Waals surface area contributed by atoms with Gasteiger partial charge in [-0.1, -0.05) is 29.8 Å². The molecule has 174 valence electrons. The molecule has 2 aromatic heterocycles. The van der Waals surface area contributed by atoms with E-state index in [1.165, 1.54) is 16.2 Å². The van der Waals surface area contributed by atoms with E-state index in [1.54, 1.807) is 24.3 Å². The highest BCUT2D eigenvalue weighted by molar-refractivity contribution is 7.10. The summed E-state index contributed by atoms with van der Waals surface area (Å²) in [4.78, 5) is 41.2. The summed E-state index contributed by atoms with van der Waals surface area (Å²) in [5.41, 5.74) is 11.1. The van der Waals surface area contributed by atoms with Crippen molar-refractivity contribution < 1.29 is 14.4 Å². The average molecular weight is 506 g/mol. The number of anilines is 1. The molecule has 33 heavy (non-hydrogen) atoms. The molecule has 0 radical (unpaired) electrons. The summed E-state index contributed by atoms with van der Waals surface area (Å²) in [5, 5.41) is 5.34. The minimum atomic E-state index is -0.991. The monoisotopic (exact) mass is 505 g/mol. The SMILES string of the molecule is CC(C)(C)NC(=O)[C@H](c1ccc(Cl)cc1)N(Cc1cccs1)C(=O)c1snc(C(N)=O)c1N. The number of thiophene rings is 1. The van der Waals surface area contributed by atoms with E-state index in [-0.39, 0.29) is 28.7 Å². The molecule has 0 unspecified atom stereocenters. The summed E-state index contributed by atoms with van der Waals surface area (Å²) in [6.07, 6.45) is 0. The predicted molar refractivity (Wildman–Crippen MR) is 131 cm³/mol. The zero-order valence-corrected chi connectivity index (χ0v) is 20.7. The lowest BCUT2D eigenvalue weighted by Crippen LogP contribution is -2.49. The maximum Gasteiger partial charge on any atom is 0.270 e. The highest BCUT2D eigenvalue weighted by Crippen LogP contribution is 2.31. The number of amides is 3. The van der Waals surface area contributed by atoms with Crippen LogP contribution in [0.4, 0.5) is 5.69 Å². The Kier molecular flexibility index (Phi) is 7.41. The van der Waals surface area contributed by atoms with Gasteiger partial charge in [0.25, 0.3) is 11.8 Å². The number of halogens is 1. The molecule has 8 nitrogen and oxygen atoms in total. The van der Waals surface area contributed by atoms with Crippen LogP contribution in [-0.2, 0) is 11.3 Å². The summed E-state index contributed by atoms with van der Waals surface area (Å²) in [6.45, 7) is 5.71. The summed E-state index contributed by atoms with van der Waals surface area (Å²) < 4.78 is 3.94. The van der Waals surface area contributed by atoms with Crippen molar-refractivity contribution in [2.24, 2.45) is 5.73 Å². The summed E-state index contributed by atoms with van der Waals surface area (Å²) >= 11 is 8.29. The molecule has 0 aliphatic carbocycles. The van der Waals surface area contributed by atoms with Gasteiger partial charge in [0.2, 0.25) is 5.91 Å². The van der Waals surface area contributed by atoms with Crippen LogP contribution in [0.2, 0.25) is 5.02 Å². The van der Waals surface area contributed by atoms with Gasteiger partial charge in [0.15, 0.2) is 5.69 Å². The molecule has 3 aromatic rings. The average Bonchev–Trinajstić information content (AvgIpc) is 3.36. The molecule has 2 heterocycles. The largest absolute Gasteiger partial charge is 0.395 e. The number of nitrogens with one attached hydrogen (secondary N) is 1. The summed E-state index contributed by atoms with van der Waals surface area (Å²) in [7, 11) is 0. The van der Waals surface area contributed by atoms with Crippen LogP contribution in [0.15, 0.2) is 41.8 Å². The fraction of sp³-hybridized carbons (Fsp3) is 0.273. The number of carbonyl (C=O) groups is 3. The normalized spacial score (nSPS) is 12.2. The van der Waals surface area contributed by atoms with Crippen molar-refractivity contribution in [1.29, 1.82) is 0 Å². The van der Waals surface area contributed by atoms with Crippen LogP contribution < -0.4 is 16.8 Å². The van der Waals surface area contributed by atoms with E-state index < -0.39 is 23.4 Å². The quantitative estimate of drug-likeness (QED) is 0.449. The third-order valence-electron chi connectivity index (χ3n) is 4.57. The standard InChI is InChI=1S/C22H24ClN5O3S2/c1-22(2,3)26-20(30)17(12-6-8-13(23)9-7-12)28(11-14-5-4-10-32-14)21(31)18-15(24)16(19(25)29)27-33-18/h4-10,17H,11,24H2,1-3H3,(H2,25,29)(H,26,30)/t17-/m0/s1. The van der Waals surface area contributed by atoms with Crippen LogP contribution in [0.25, 0.3) is 0 Å². The maximum absolute atomic E-state index is 13.7. The summed E-state index contributed by atoms with van der Waals surface area (Å²) in [5.74, 6) is -1.73. The van der Waals surface area contributed by atoms with Gasteiger partial charge < -0.3 is 21.7 Å². The lowest BCUT2D eigenvalue weighted by atomic mass is 10.0. The first-order valence-corrected chi connectivity index (χ1v) is 12.0. The minimum absolute atomic E-state index is 0.0443. The van der Waals surface area contributed by atoms with Gasteiger partial charge >= 0.3 is 0 Å². The second-order valence-corrected chi connectivity index (χ2v) is 10.6. The number of hydrogen-bond acceptors (Lipinski definition) is 7. The van der Waals surface area contributed by atoms with Crippen molar-refractivity contribution in [3.63, 3.8) is 0 Å². The van der Waals surface area contributed by atoms with E-state index in [0.29, 0.717) is 10.6 Å². The summed E-state index contributed by atoms with van der Waals surface area (Å²) in [6, 6.07) is 9.47. The Morgan fingerprint density at radius 1 is 1.18 bits per heavy atom. The smallest absolute Gasteiger partial charge is 0.270 e. The number of hydrogen-bond donors (Lipinski definition) is 3. The Morgan fingerprint density at radius 2 is 1.85 bits per heavy atom. The van der Waals surface area contributed by atoms with Crippen LogP contribution in [-0.4, -0.2) is 32.5 Å². The van der Waals surface area contributed by atoms with E-state index in [2.05, 4.69) is 9.69 Å². The molecule has 1 atom stereocenters. The van der Waals surface area contributed by atoms with Gasteiger partial charge in [-0.25, -0.2) is 0 Å². The van der Waals surface area contributed by atoms with Crippen molar-refractivity contribution >= 4 is 57.9 Å². The Labute approximate surface area is 204 Å². The van der Waals surface area contributed by atoms with E-state index in [1.807, 2.05) is 38.3 Å². The van der Waals surface area contributed by atoms with Crippen molar-refractivity contribution in [3.05, 3.63) is 67.8 Å². The van der Waals surface area contributed by atoms with Crippen LogP contribution >= 0.6 is 34.5 Å². The fourth-order valence-corrected chi connectivity index (χ4v) is 4.76. The van der Waals surface area contributed by atoms with Crippen molar-refractivity contribution in [2.45, 2.75) is 38.9 Å². The molecule has 3 amide bonds. The van der Waals surface area contributed by atoms with Crippen molar-refractivity contribution in [1.82, 2.24) is 14.6 Å². The Morgan fingerprint density at radius 3 is 2.36 bits per heavy atom. The number of benzene rings is 1. The van der Waals surface area contributed by atoms with Crippen LogP contribution in [0.1, 0.15) is 57.4 Å². The number of primary amides is 1. The van der Waals surface area contributed by atoms with Gasteiger partial charge in [-0.05, 0) is 61.4 Å². The van der Waals surface area contributed by atoms with Crippen molar-refractivity contribution in [2.75, 3.05) is 5.73 Å². The zero-order chi connectivity index (χ0) is 24.3. The lowest BCUT2D eigenvalue weighted by molar-refractivity contribution is -0.127. The molecule has 11 heteroatoms. The molecule has 0 aliphatic rings. The minimum Gasteiger partial charge on any atom is -0.395 e. The first-order chi connectivity index (χ1) is 15.5. The van der Waals surface area contributed by atoms with Gasteiger partial charge in [0.1, 0.15) is 10.9 Å². The third-order valence-corrected chi connectivity index (χ3v) is 6.53. The maximum atomic E-state index is 13.7. The number of rotatable bonds is 7. The van der Waals surface area contributed by atoms with Crippen molar-refractivity contribution in [3.8, 4) is 0 Å². The van der Waals surface area contributed by atoms with E-state index >= 15 is 0 Å². The molecule has 3 rings (SSSR count). The van der Waals surface area contributed by atoms with Crippen LogP contribution in [0.3, 0.4) is 0 Å². The number of nitrogens with zero attached hydrogens (tertiary/aromatic N) is 2. The molecule has 0 spiro atoms. The van der Waals surface area contributed by atoms with Crippen LogP contribution in [0, 0.1) is 0 Å². The second-order valence-electron chi connectivity index (χ2n) is 8.34. The molecular weight excluding hydrogens is 482 g/mol. The van der Waals surface area contributed by atoms with Gasteiger partial charge in [-0.2, -0.15) is 4.37 Å². The van der Waals surface area contributed by atoms with Gasteiger partial charge in [-0.3, -0.25) is 14.4 Å². The first-order valence-electron chi connectivity index (χ1n) is 9.93. The molecular formula is C22H24ClN5O3S2. The Balaban J connectivity index is 2.13. The number of nitrogens with two attached hydrogens (primary N) is 2. The topological polar surface area (TPSA) is 131 Å². The molecule has 0 bridgehead atoms. The Bertz CT molecular complexity index is 1150. The molecule has 0 saturated heterocycles. The molecule has 0 aliphatic heterocycles. The molecule has 0 fully saturated rings. The molecule has 5 N–H and O–H groups in total. The highest BCUT2D eigenvalue weighted by Gasteiger charge is 2.36. The molecule has 1 aromatic carbocycles. The third kappa shape index (κ3) is 5.89. The molecule has 0 saturated carbocycles.